The van der Waals surface area contributed by atoms with Gasteiger partial charge in [-0.15, -0.1) is 0 Å². The van der Waals surface area contributed by atoms with E-state index in [4.69, 9.17) is 0 Å². The van der Waals surface area contributed by atoms with E-state index < -0.39 is 6.03 Å². The summed E-state index contributed by atoms with van der Waals surface area (Å²) in [6.07, 6.45) is 3.61. The minimum absolute atomic E-state index is 0.0865. The molecule has 0 spiro atoms. The van der Waals surface area contributed by atoms with Crippen LogP contribution in [0.2, 0.25) is 0 Å². The molecule has 3 amide bonds. The Bertz CT molecular complexity index is 472. The van der Waals surface area contributed by atoms with E-state index in [9.17, 15) is 14.0 Å². The lowest BCUT2D eigenvalue weighted by Gasteiger charge is -2.25. The highest BCUT2D eigenvalue weighted by molar-refractivity contribution is 5.82. The molecule has 5 nitrogen and oxygen atoms in total. The maximum absolute atomic E-state index is 12.7. The SMILES string of the molecule is O=C(Cc1ccc(F)cc1)NNC(=O)NCC1CCC1. The molecule has 1 saturated carbocycles. The van der Waals surface area contributed by atoms with Crippen LogP contribution in [0.1, 0.15) is 24.8 Å². The Morgan fingerprint density at radius 1 is 1.15 bits per heavy atom. The number of carbonyl (C=O) groups is 2. The Labute approximate surface area is 116 Å². The lowest BCUT2D eigenvalue weighted by Crippen LogP contribution is -2.48. The van der Waals surface area contributed by atoms with Crippen molar-refractivity contribution in [3.8, 4) is 0 Å². The predicted molar refractivity (Wildman–Crippen MR) is 72.1 cm³/mol. The van der Waals surface area contributed by atoms with E-state index in [1.165, 1.54) is 30.7 Å². The van der Waals surface area contributed by atoms with Crippen molar-refractivity contribution in [1.82, 2.24) is 16.2 Å². The lowest BCUT2D eigenvalue weighted by molar-refractivity contribution is -0.121. The molecule has 1 fully saturated rings. The third-order valence-electron chi connectivity index (χ3n) is 3.37. The maximum atomic E-state index is 12.7. The molecule has 1 aliphatic carbocycles. The van der Waals surface area contributed by atoms with E-state index in [-0.39, 0.29) is 18.1 Å². The van der Waals surface area contributed by atoms with Gasteiger partial charge >= 0.3 is 6.03 Å². The van der Waals surface area contributed by atoms with E-state index >= 15 is 0 Å². The first-order chi connectivity index (χ1) is 9.63. The smallest absolute Gasteiger partial charge is 0.333 e. The van der Waals surface area contributed by atoms with E-state index in [2.05, 4.69) is 16.2 Å². The first-order valence-corrected chi connectivity index (χ1v) is 6.70. The van der Waals surface area contributed by atoms with Gasteiger partial charge in [-0.3, -0.25) is 10.2 Å². The molecule has 0 aliphatic heterocycles. The number of amides is 3. The Morgan fingerprint density at radius 3 is 2.45 bits per heavy atom. The normalized spacial score (nSPS) is 14.2. The van der Waals surface area contributed by atoms with Gasteiger partial charge in [-0.25, -0.2) is 14.6 Å². The van der Waals surface area contributed by atoms with Crippen LogP contribution in [0.15, 0.2) is 24.3 Å². The second kappa shape index (κ2) is 6.88. The number of hydrogen-bond donors (Lipinski definition) is 3. The molecule has 108 valence electrons. The highest BCUT2D eigenvalue weighted by Gasteiger charge is 2.17. The van der Waals surface area contributed by atoms with Gasteiger partial charge in [0.15, 0.2) is 0 Å². The molecular formula is C14H18FN3O2. The van der Waals surface area contributed by atoms with Gasteiger partial charge in [0.25, 0.3) is 0 Å². The summed E-state index contributed by atoms with van der Waals surface area (Å²) in [5.74, 6) is -0.131. The number of hydrazine groups is 1. The van der Waals surface area contributed by atoms with Crippen LogP contribution in [0, 0.1) is 11.7 Å². The highest BCUT2D eigenvalue weighted by Crippen LogP contribution is 2.24. The number of nitrogens with one attached hydrogen (secondary N) is 3. The molecule has 0 saturated heterocycles. The number of carbonyl (C=O) groups excluding carboxylic acids is 2. The van der Waals surface area contributed by atoms with Gasteiger partial charge in [0.1, 0.15) is 5.82 Å². The summed E-state index contributed by atoms with van der Waals surface area (Å²) >= 11 is 0. The minimum atomic E-state index is -0.413. The highest BCUT2D eigenvalue weighted by atomic mass is 19.1. The molecule has 3 N–H and O–H groups in total. The number of rotatable bonds is 4. The van der Waals surface area contributed by atoms with Crippen molar-refractivity contribution in [3.63, 3.8) is 0 Å². The van der Waals surface area contributed by atoms with Gasteiger partial charge in [0.05, 0.1) is 6.42 Å². The van der Waals surface area contributed by atoms with Crippen molar-refractivity contribution in [2.75, 3.05) is 6.54 Å². The zero-order chi connectivity index (χ0) is 14.4. The van der Waals surface area contributed by atoms with Crippen molar-refractivity contribution in [1.29, 1.82) is 0 Å². The summed E-state index contributed by atoms with van der Waals surface area (Å²) < 4.78 is 12.7. The Morgan fingerprint density at radius 2 is 1.85 bits per heavy atom. The van der Waals surface area contributed by atoms with Gasteiger partial charge in [-0.1, -0.05) is 18.6 Å². The molecule has 0 bridgehead atoms. The Balaban J connectivity index is 1.63. The van der Waals surface area contributed by atoms with Crippen LogP contribution >= 0.6 is 0 Å². The van der Waals surface area contributed by atoms with Gasteiger partial charge in [0.2, 0.25) is 5.91 Å². The van der Waals surface area contributed by atoms with E-state index in [1.807, 2.05) is 0 Å². The maximum Gasteiger partial charge on any atom is 0.333 e. The molecule has 1 aromatic rings. The molecule has 0 heterocycles. The van der Waals surface area contributed by atoms with Gasteiger partial charge in [-0.2, -0.15) is 0 Å². The quantitative estimate of drug-likeness (QED) is 0.731. The molecule has 0 aromatic heterocycles. The minimum Gasteiger partial charge on any atom is -0.336 e. The summed E-state index contributed by atoms with van der Waals surface area (Å²) in [5, 5.41) is 2.70. The third-order valence-corrected chi connectivity index (χ3v) is 3.37. The molecule has 0 atom stereocenters. The summed E-state index contributed by atoms with van der Waals surface area (Å²) in [6, 6.07) is 5.24. The van der Waals surface area contributed by atoms with E-state index in [0.717, 1.165) is 12.8 Å². The molecular weight excluding hydrogens is 261 g/mol. The molecule has 0 radical (unpaired) electrons. The molecule has 0 unspecified atom stereocenters. The van der Waals surface area contributed by atoms with E-state index in [0.29, 0.717) is 18.0 Å². The third kappa shape index (κ3) is 4.53. The van der Waals surface area contributed by atoms with Crippen molar-refractivity contribution in [2.45, 2.75) is 25.7 Å². The average molecular weight is 279 g/mol. The monoisotopic (exact) mass is 279 g/mol. The lowest BCUT2D eigenvalue weighted by atomic mass is 9.85. The molecule has 20 heavy (non-hydrogen) atoms. The first-order valence-electron chi connectivity index (χ1n) is 6.70. The van der Waals surface area contributed by atoms with Crippen LogP contribution in [0.4, 0.5) is 9.18 Å². The zero-order valence-corrected chi connectivity index (χ0v) is 11.1. The fraction of sp³-hybridized carbons (Fsp3) is 0.429. The summed E-state index contributed by atoms with van der Waals surface area (Å²) in [5.41, 5.74) is 5.29. The van der Waals surface area contributed by atoms with Crippen molar-refractivity contribution in [3.05, 3.63) is 35.6 Å². The van der Waals surface area contributed by atoms with Crippen LogP contribution in [0.5, 0.6) is 0 Å². The number of halogens is 1. The average Bonchev–Trinajstić information content (AvgIpc) is 2.37. The Hall–Kier alpha value is -2.11. The predicted octanol–water partition coefficient (Wildman–Crippen LogP) is 1.50. The van der Waals surface area contributed by atoms with Gasteiger partial charge < -0.3 is 5.32 Å². The van der Waals surface area contributed by atoms with Gasteiger partial charge in [0, 0.05) is 6.54 Å². The first kappa shape index (κ1) is 14.3. The molecule has 6 heteroatoms. The summed E-state index contributed by atoms with van der Waals surface area (Å²) in [6.45, 7) is 0.639. The van der Waals surface area contributed by atoms with Crippen LogP contribution in [0.25, 0.3) is 0 Å². The molecule has 2 rings (SSSR count). The van der Waals surface area contributed by atoms with Crippen molar-refractivity contribution < 1.29 is 14.0 Å². The fourth-order valence-electron chi connectivity index (χ4n) is 1.94. The van der Waals surface area contributed by atoms with Crippen LogP contribution in [-0.2, 0) is 11.2 Å². The standard InChI is InChI=1S/C14H18FN3O2/c15-12-6-4-10(5-7-12)8-13(19)17-18-14(20)16-9-11-2-1-3-11/h4-7,11H,1-3,8-9H2,(H,17,19)(H2,16,18,20). The Kier molecular flexibility index (Phi) is 4.92. The van der Waals surface area contributed by atoms with E-state index in [1.54, 1.807) is 0 Å². The number of urea groups is 1. The fourth-order valence-corrected chi connectivity index (χ4v) is 1.94. The summed E-state index contributed by atoms with van der Waals surface area (Å²) in [7, 11) is 0. The topological polar surface area (TPSA) is 70.2 Å². The summed E-state index contributed by atoms with van der Waals surface area (Å²) in [4.78, 5) is 23.0. The largest absolute Gasteiger partial charge is 0.336 e. The van der Waals surface area contributed by atoms with Gasteiger partial charge in [-0.05, 0) is 36.5 Å². The number of benzene rings is 1. The second-order valence-electron chi connectivity index (χ2n) is 4.98. The second-order valence-corrected chi connectivity index (χ2v) is 4.98. The van der Waals surface area contributed by atoms with Crippen molar-refractivity contribution >= 4 is 11.9 Å². The van der Waals surface area contributed by atoms with Crippen LogP contribution in [0.3, 0.4) is 0 Å². The zero-order valence-electron chi connectivity index (χ0n) is 11.1. The van der Waals surface area contributed by atoms with Crippen LogP contribution in [-0.4, -0.2) is 18.5 Å². The van der Waals surface area contributed by atoms with Crippen LogP contribution < -0.4 is 16.2 Å². The van der Waals surface area contributed by atoms with Crippen molar-refractivity contribution in [2.24, 2.45) is 5.92 Å². The molecule has 1 aromatic carbocycles. The molecule has 1 aliphatic rings. The number of hydrogen-bond acceptors (Lipinski definition) is 2.